The van der Waals surface area contributed by atoms with Gasteiger partial charge in [0.1, 0.15) is 6.04 Å². The molecule has 0 aromatic heterocycles. The third-order valence-electron chi connectivity index (χ3n) is 4.69. The highest BCUT2D eigenvalue weighted by Gasteiger charge is 2.35. The molecule has 0 bridgehead atoms. The number of carbonyl (C=O) groups is 2. The summed E-state index contributed by atoms with van der Waals surface area (Å²) >= 11 is 0. The van der Waals surface area contributed by atoms with Gasteiger partial charge in [0.25, 0.3) is 0 Å². The van der Waals surface area contributed by atoms with E-state index in [1.807, 2.05) is 24.3 Å². The average molecular weight is 312 g/mol. The normalized spacial score (nSPS) is 20.4. The number of amides is 2. The second-order valence-electron chi connectivity index (χ2n) is 6.30. The highest BCUT2D eigenvalue weighted by Crippen LogP contribution is 2.25. The van der Waals surface area contributed by atoms with Crippen LogP contribution in [0.2, 0.25) is 0 Å². The second-order valence-corrected chi connectivity index (χ2v) is 6.30. The number of likely N-dealkylation sites (tertiary alicyclic amines) is 1. The Balaban J connectivity index is 1.52. The minimum Gasteiger partial charge on any atom is -0.354 e. The highest BCUT2D eigenvalue weighted by atomic mass is 16.2. The van der Waals surface area contributed by atoms with Crippen LogP contribution in [-0.4, -0.2) is 35.8 Å². The van der Waals surface area contributed by atoms with E-state index in [9.17, 15) is 9.59 Å². The van der Waals surface area contributed by atoms with E-state index in [1.165, 1.54) is 5.56 Å². The monoisotopic (exact) mass is 312 g/mol. The SMILES string of the molecule is O=C(NCCc1ccccc1)[C@@H]1CCCN1C(=O)C1=CCCC1. The number of hydrogen-bond acceptors (Lipinski definition) is 2. The van der Waals surface area contributed by atoms with Gasteiger partial charge in [-0.2, -0.15) is 0 Å². The molecule has 1 atom stereocenters. The predicted molar refractivity (Wildman–Crippen MR) is 89.8 cm³/mol. The van der Waals surface area contributed by atoms with Crippen molar-refractivity contribution in [3.05, 3.63) is 47.5 Å². The van der Waals surface area contributed by atoms with E-state index in [0.29, 0.717) is 13.1 Å². The molecular weight excluding hydrogens is 288 g/mol. The fourth-order valence-electron chi connectivity index (χ4n) is 3.42. The summed E-state index contributed by atoms with van der Waals surface area (Å²) < 4.78 is 0. The summed E-state index contributed by atoms with van der Waals surface area (Å²) in [4.78, 5) is 26.7. The van der Waals surface area contributed by atoms with Crippen molar-refractivity contribution in [3.63, 3.8) is 0 Å². The molecule has 122 valence electrons. The van der Waals surface area contributed by atoms with Crippen LogP contribution in [0.15, 0.2) is 42.0 Å². The molecule has 1 saturated heterocycles. The Morgan fingerprint density at radius 1 is 1.17 bits per heavy atom. The quantitative estimate of drug-likeness (QED) is 0.908. The topological polar surface area (TPSA) is 49.4 Å². The van der Waals surface area contributed by atoms with Gasteiger partial charge in [-0.25, -0.2) is 0 Å². The molecule has 2 aliphatic rings. The molecular formula is C19H24N2O2. The first-order valence-electron chi connectivity index (χ1n) is 8.57. The number of rotatable bonds is 5. The van der Waals surface area contributed by atoms with Crippen molar-refractivity contribution in [1.29, 1.82) is 0 Å². The van der Waals surface area contributed by atoms with Gasteiger partial charge in [-0.3, -0.25) is 9.59 Å². The number of nitrogens with zero attached hydrogens (tertiary/aromatic N) is 1. The second kappa shape index (κ2) is 7.44. The van der Waals surface area contributed by atoms with Crippen molar-refractivity contribution in [3.8, 4) is 0 Å². The first-order valence-corrected chi connectivity index (χ1v) is 8.57. The number of hydrogen-bond donors (Lipinski definition) is 1. The van der Waals surface area contributed by atoms with Crippen molar-refractivity contribution < 1.29 is 9.59 Å². The summed E-state index contributed by atoms with van der Waals surface area (Å²) in [5.41, 5.74) is 2.11. The summed E-state index contributed by atoms with van der Waals surface area (Å²) in [7, 11) is 0. The lowest BCUT2D eigenvalue weighted by atomic mass is 10.1. The van der Waals surface area contributed by atoms with E-state index in [-0.39, 0.29) is 17.9 Å². The van der Waals surface area contributed by atoms with E-state index in [1.54, 1.807) is 4.90 Å². The Morgan fingerprint density at radius 2 is 2.00 bits per heavy atom. The zero-order valence-electron chi connectivity index (χ0n) is 13.5. The van der Waals surface area contributed by atoms with Gasteiger partial charge < -0.3 is 10.2 Å². The summed E-state index contributed by atoms with van der Waals surface area (Å²) in [5, 5.41) is 3.00. The highest BCUT2D eigenvalue weighted by molar-refractivity contribution is 5.97. The van der Waals surface area contributed by atoms with Crippen LogP contribution >= 0.6 is 0 Å². The summed E-state index contributed by atoms with van der Waals surface area (Å²) in [5.74, 6) is 0.0635. The van der Waals surface area contributed by atoms with Gasteiger partial charge in [-0.15, -0.1) is 0 Å². The summed E-state index contributed by atoms with van der Waals surface area (Å²) in [6.45, 7) is 1.32. The van der Waals surface area contributed by atoms with Gasteiger partial charge in [0, 0.05) is 18.7 Å². The molecule has 4 nitrogen and oxygen atoms in total. The van der Waals surface area contributed by atoms with Crippen molar-refractivity contribution in [2.24, 2.45) is 0 Å². The molecule has 1 aromatic carbocycles. The summed E-state index contributed by atoms with van der Waals surface area (Å²) in [6, 6.07) is 9.82. The third-order valence-corrected chi connectivity index (χ3v) is 4.69. The molecule has 0 spiro atoms. The fraction of sp³-hybridized carbons (Fsp3) is 0.474. The largest absolute Gasteiger partial charge is 0.354 e. The van der Waals surface area contributed by atoms with Gasteiger partial charge in [-0.05, 0) is 44.1 Å². The Kier molecular flexibility index (Phi) is 5.11. The van der Waals surface area contributed by atoms with Gasteiger partial charge >= 0.3 is 0 Å². The minimum atomic E-state index is -0.292. The van der Waals surface area contributed by atoms with Gasteiger partial charge in [0.05, 0.1) is 0 Å². The van der Waals surface area contributed by atoms with E-state index in [0.717, 1.165) is 44.1 Å². The fourth-order valence-corrected chi connectivity index (χ4v) is 3.42. The molecule has 0 unspecified atom stereocenters. The standard InChI is InChI=1S/C19H24N2O2/c22-18(20-13-12-15-7-2-1-3-8-15)17-11-6-14-21(17)19(23)16-9-4-5-10-16/h1-3,7-9,17H,4-6,10-14H2,(H,20,22)/t17-/m0/s1. The molecule has 1 aliphatic carbocycles. The van der Waals surface area contributed by atoms with Crippen LogP contribution < -0.4 is 5.32 Å². The molecule has 0 saturated carbocycles. The third kappa shape index (κ3) is 3.81. The van der Waals surface area contributed by atoms with Crippen LogP contribution in [0, 0.1) is 0 Å². The number of nitrogens with one attached hydrogen (secondary N) is 1. The van der Waals surface area contributed by atoms with Crippen LogP contribution in [0.4, 0.5) is 0 Å². The molecule has 2 amide bonds. The Bertz CT molecular complexity index is 595. The van der Waals surface area contributed by atoms with Gasteiger partial charge in [-0.1, -0.05) is 36.4 Å². The minimum absolute atomic E-state index is 0.00891. The van der Waals surface area contributed by atoms with Crippen LogP contribution in [-0.2, 0) is 16.0 Å². The zero-order valence-corrected chi connectivity index (χ0v) is 13.5. The zero-order chi connectivity index (χ0) is 16.1. The number of allylic oxidation sites excluding steroid dienone is 1. The molecule has 0 radical (unpaired) electrons. The van der Waals surface area contributed by atoms with E-state index < -0.39 is 0 Å². The van der Waals surface area contributed by atoms with E-state index in [2.05, 4.69) is 17.4 Å². The first kappa shape index (κ1) is 15.8. The lowest BCUT2D eigenvalue weighted by Crippen LogP contribution is -2.46. The molecule has 1 aliphatic heterocycles. The number of benzene rings is 1. The van der Waals surface area contributed by atoms with Crippen molar-refractivity contribution in [2.75, 3.05) is 13.1 Å². The smallest absolute Gasteiger partial charge is 0.250 e. The van der Waals surface area contributed by atoms with Gasteiger partial charge in [0.2, 0.25) is 11.8 Å². The van der Waals surface area contributed by atoms with E-state index >= 15 is 0 Å². The number of carbonyl (C=O) groups excluding carboxylic acids is 2. The maximum Gasteiger partial charge on any atom is 0.250 e. The van der Waals surface area contributed by atoms with Crippen LogP contribution in [0.1, 0.15) is 37.7 Å². The average Bonchev–Trinajstić information content (AvgIpc) is 3.27. The van der Waals surface area contributed by atoms with Crippen LogP contribution in [0.25, 0.3) is 0 Å². The predicted octanol–water partition coefficient (Wildman–Crippen LogP) is 2.45. The summed E-state index contributed by atoms with van der Waals surface area (Å²) in [6.07, 6.45) is 7.44. The first-order chi connectivity index (χ1) is 11.3. The van der Waals surface area contributed by atoms with Crippen molar-refractivity contribution in [2.45, 2.75) is 44.6 Å². The molecule has 1 fully saturated rings. The van der Waals surface area contributed by atoms with Crippen molar-refractivity contribution in [1.82, 2.24) is 10.2 Å². The molecule has 4 heteroatoms. The Labute approximate surface area is 137 Å². The van der Waals surface area contributed by atoms with E-state index in [4.69, 9.17) is 0 Å². The van der Waals surface area contributed by atoms with Crippen LogP contribution in [0.5, 0.6) is 0 Å². The maximum absolute atomic E-state index is 12.5. The molecule has 3 rings (SSSR count). The lowest BCUT2D eigenvalue weighted by molar-refractivity contribution is -0.135. The Morgan fingerprint density at radius 3 is 2.74 bits per heavy atom. The lowest BCUT2D eigenvalue weighted by Gasteiger charge is -2.24. The molecule has 23 heavy (non-hydrogen) atoms. The molecule has 1 heterocycles. The van der Waals surface area contributed by atoms with Crippen molar-refractivity contribution >= 4 is 11.8 Å². The van der Waals surface area contributed by atoms with Gasteiger partial charge in [0.15, 0.2) is 0 Å². The maximum atomic E-state index is 12.5. The Hall–Kier alpha value is -2.10. The molecule has 1 aromatic rings. The van der Waals surface area contributed by atoms with Crippen LogP contribution in [0.3, 0.4) is 0 Å². The molecule has 1 N–H and O–H groups in total.